The first-order chi connectivity index (χ1) is 14.3. The molecule has 144 valence electrons. The van der Waals surface area contributed by atoms with Crippen LogP contribution in [0.5, 0.6) is 5.75 Å². The van der Waals surface area contributed by atoms with Crippen molar-refractivity contribution < 1.29 is 4.74 Å². The van der Waals surface area contributed by atoms with Gasteiger partial charge in [0.15, 0.2) is 0 Å². The lowest BCUT2D eigenvalue weighted by Gasteiger charge is -2.15. The number of hydrogen-bond acceptors (Lipinski definition) is 7. The van der Waals surface area contributed by atoms with Crippen molar-refractivity contribution in [2.75, 3.05) is 13.2 Å². The van der Waals surface area contributed by atoms with Crippen LogP contribution >= 0.6 is 0 Å². The maximum absolute atomic E-state index is 6.32. The topological polar surface area (TPSA) is 97.6 Å². The predicted octanol–water partition coefficient (Wildman–Crippen LogP) is 2.57. The number of ether oxygens (including phenoxy) is 1. The van der Waals surface area contributed by atoms with E-state index in [1.807, 2.05) is 18.4 Å². The molecule has 4 aliphatic rings. The third kappa shape index (κ3) is 3.64. The molecule has 2 N–H and O–H groups in total. The minimum atomic E-state index is -0.134. The van der Waals surface area contributed by atoms with Crippen LogP contribution in [0.4, 0.5) is 0 Å². The molecule has 0 saturated carbocycles. The van der Waals surface area contributed by atoms with Gasteiger partial charge in [0, 0.05) is 35.2 Å². The van der Waals surface area contributed by atoms with Crippen LogP contribution in [0.1, 0.15) is 18.4 Å². The second-order valence-corrected chi connectivity index (χ2v) is 7.20. The summed E-state index contributed by atoms with van der Waals surface area (Å²) in [6, 6.07) is 1.80. The van der Waals surface area contributed by atoms with E-state index < -0.39 is 0 Å². The van der Waals surface area contributed by atoms with Gasteiger partial charge < -0.3 is 10.5 Å². The SMILES string of the molecule is NC(COc1cncc(C2=NCC3=NN=CC3=C2)c1)CC1=C2C=CCC=C2N=C1. The summed E-state index contributed by atoms with van der Waals surface area (Å²) in [6.07, 6.45) is 17.2. The molecule has 1 unspecified atom stereocenters. The number of nitrogens with two attached hydrogens (primary N) is 1. The van der Waals surface area contributed by atoms with E-state index >= 15 is 0 Å². The lowest BCUT2D eigenvalue weighted by atomic mass is 9.99. The highest BCUT2D eigenvalue weighted by Gasteiger charge is 2.19. The molecule has 3 aliphatic heterocycles. The summed E-state index contributed by atoms with van der Waals surface area (Å²) in [5.41, 5.74) is 13.4. The van der Waals surface area contributed by atoms with Crippen molar-refractivity contribution in [2.24, 2.45) is 25.9 Å². The summed E-state index contributed by atoms with van der Waals surface area (Å²) in [6.45, 7) is 0.927. The normalized spacial score (nSPS) is 20.0. The molecule has 0 bridgehead atoms. The maximum atomic E-state index is 6.32. The van der Waals surface area contributed by atoms with Gasteiger partial charge in [-0.05, 0) is 30.6 Å². The Kier molecular flexibility index (Phi) is 4.57. The number of hydrogen-bond donors (Lipinski definition) is 1. The molecule has 7 heteroatoms. The number of pyridine rings is 1. The maximum Gasteiger partial charge on any atom is 0.138 e. The smallest absolute Gasteiger partial charge is 0.138 e. The summed E-state index contributed by atoms with van der Waals surface area (Å²) in [7, 11) is 0. The molecule has 0 aromatic carbocycles. The van der Waals surface area contributed by atoms with Gasteiger partial charge in [0.2, 0.25) is 0 Å². The Labute approximate surface area is 168 Å². The predicted molar refractivity (Wildman–Crippen MR) is 115 cm³/mol. The molecule has 29 heavy (non-hydrogen) atoms. The van der Waals surface area contributed by atoms with E-state index in [4.69, 9.17) is 10.5 Å². The zero-order valence-corrected chi connectivity index (χ0v) is 15.8. The van der Waals surface area contributed by atoms with Crippen molar-refractivity contribution in [3.05, 3.63) is 70.7 Å². The Morgan fingerprint density at radius 2 is 2.17 bits per heavy atom. The van der Waals surface area contributed by atoms with Crippen molar-refractivity contribution in [3.8, 4) is 5.75 Å². The van der Waals surface area contributed by atoms with Gasteiger partial charge in [0.25, 0.3) is 0 Å². The molecule has 0 spiro atoms. The van der Waals surface area contributed by atoms with Crippen LogP contribution in [-0.4, -0.2) is 48.0 Å². The Morgan fingerprint density at radius 3 is 3.14 bits per heavy atom. The van der Waals surface area contributed by atoms with Gasteiger partial charge in [-0.25, -0.2) is 0 Å². The van der Waals surface area contributed by atoms with Crippen LogP contribution in [-0.2, 0) is 0 Å². The fraction of sp³-hybridized carbons (Fsp3) is 0.227. The van der Waals surface area contributed by atoms with Gasteiger partial charge in [0.05, 0.1) is 36.1 Å². The van der Waals surface area contributed by atoms with E-state index in [2.05, 4.69) is 43.4 Å². The average molecular weight is 384 g/mol. The fourth-order valence-corrected chi connectivity index (χ4v) is 3.58. The molecule has 0 saturated heterocycles. The molecule has 0 amide bonds. The molecule has 1 aromatic rings. The van der Waals surface area contributed by atoms with Crippen molar-refractivity contribution in [1.82, 2.24) is 4.98 Å². The number of rotatable bonds is 6. The minimum absolute atomic E-state index is 0.134. The van der Waals surface area contributed by atoms with E-state index in [1.54, 1.807) is 18.6 Å². The lowest BCUT2D eigenvalue weighted by molar-refractivity contribution is 0.287. The molecule has 1 aromatic heterocycles. The first-order valence-corrected chi connectivity index (χ1v) is 9.61. The summed E-state index contributed by atoms with van der Waals surface area (Å²) in [5, 5.41) is 7.99. The zero-order chi connectivity index (χ0) is 19.6. The van der Waals surface area contributed by atoms with E-state index in [9.17, 15) is 0 Å². The van der Waals surface area contributed by atoms with E-state index in [1.165, 1.54) is 5.57 Å². The third-order valence-electron chi connectivity index (χ3n) is 5.07. The second-order valence-electron chi connectivity index (χ2n) is 7.20. The van der Waals surface area contributed by atoms with E-state index in [0.717, 1.165) is 40.3 Å². The van der Waals surface area contributed by atoms with E-state index in [0.29, 0.717) is 25.3 Å². The Hall–Kier alpha value is -3.45. The van der Waals surface area contributed by atoms with Crippen LogP contribution in [0.25, 0.3) is 0 Å². The molecule has 5 rings (SSSR count). The second kappa shape index (κ2) is 7.52. The molecule has 0 radical (unpaired) electrons. The van der Waals surface area contributed by atoms with Gasteiger partial charge in [-0.2, -0.15) is 10.2 Å². The Morgan fingerprint density at radius 1 is 1.21 bits per heavy atom. The van der Waals surface area contributed by atoms with Gasteiger partial charge in [-0.1, -0.05) is 18.2 Å². The van der Waals surface area contributed by atoms with Crippen molar-refractivity contribution in [3.63, 3.8) is 0 Å². The summed E-state index contributed by atoms with van der Waals surface area (Å²) >= 11 is 0. The molecular formula is C22H20N6O. The van der Waals surface area contributed by atoms with Crippen molar-refractivity contribution in [1.29, 1.82) is 0 Å². The van der Waals surface area contributed by atoms with Crippen LogP contribution < -0.4 is 10.5 Å². The fourth-order valence-electron chi connectivity index (χ4n) is 3.58. The summed E-state index contributed by atoms with van der Waals surface area (Å²) < 4.78 is 5.92. The molecule has 7 nitrogen and oxygen atoms in total. The van der Waals surface area contributed by atoms with Gasteiger partial charge >= 0.3 is 0 Å². The number of allylic oxidation sites excluding steroid dienone is 4. The number of dihydropyridines is 1. The zero-order valence-electron chi connectivity index (χ0n) is 15.8. The Bertz CT molecular complexity index is 1100. The molecular weight excluding hydrogens is 364 g/mol. The summed E-state index contributed by atoms with van der Waals surface area (Å²) in [4.78, 5) is 13.3. The monoisotopic (exact) mass is 384 g/mol. The van der Waals surface area contributed by atoms with Crippen LogP contribution in [0.3, 0.4) is 0 Å². The van der Waals surface area contributed by atoms with Gasteiger partial charge in [-0.15, -0.1) is 0 Å². The van der Waals surface area contributed by atoms with E-state index in [-0.39, 0.29) is 6.04 Å². The highest BCUT2D eigenvalue weighted by atomic mass is 16.5. The average Bonchev–Trinajstić information content (AvgIpc) is 3.39. The number of aliphatic imine (C=N–C) groups is 2. The molecule has 1 atom stereocenters. The quantitative estimate of drug-likeness (QED) is 0.816. The largest absolute Gasteiger partial charge is 0.490 e. The highest BCUT2D eigenvalue weighted by molar-refractivity contribution is 6.27. The third-order valence-corrected chi connectivity index (χ3v) is 5.07. The van der Waals surface area contributed by atoms with Crippen LogP contribution in [0, 0.1) is 0 Å². The first kappa shape index (κ1) is 17.6. The molecule has 0 fully saturated rings. The Balaban J connectivity index is 1.23. The van der Waals surface area contributed by atoms with Crippen molar-refractivity contribution >= 4 is 23.9 Å². The number of fused-ring (bicyclic) bond motifs is 2. The van der Waals surface area contributed by atoms with Gasteiger partial charge in [-0.3, -0.25) is 15.0 Å². The number of aromatic nitrogens is 1. The number of nitrogens with zero attached hydrogens (tertiary/aromatic N) is 5. The highest BCUT2D eigenvalue weighted by Crippen LogP contribution is 2.29. The lowest BCUT2D eigenvalue weighted by Crippen LogP contribution is -2.28. The van der Waals surface area contributed by atoms with Crippen LogP contribution in [0.15, 0.2) is 85.4 Å². The minimum Gasteiger partial charge on any atom is -0.490 e. The van der Waals surface area contributed by atoms with Gasteiger partial charge in [0.1, 0.15) is 12.4 Å². The van der Waals surface area contributed by atoms with Crippen LogP contribution in [0.2, 0.25) is 0 Å². The molecule has 4 heterocycles. The molecule has 1 aliphatic carbocycles. The first-order valence-electron chi connectivity index (χ1n) is 9.61. The van der Waals surface area contributed by atoms with Crippen molar-refractivity contribution in [2.45, 2.75) is 18.9 Å². The summed E-state index contributed by atoms with van der Waals surface area (Å²) in [5.74, 6) is 0.675. The standard InChI is InChI=1S/C22H20N6O/c23-17(5-14-9-25-20-4-2-1-3-19(14)20)13-29-18-6-15(8-24-11-18)21-7-16-10-27-28-22(16)12-26-21/h1,3-4,6-11,17H,2,5,12-13,23H2.